The maximum atomic E-state index is 5.80. The normalized spacial score (nSPS) is 13.0. The zero-order chi connectivity index (χ0) is 15.5. The molecule has 3 N–H and O–H groups in total. The Morgan fingerprint density at radius 2 is 1.81 bits per heavy atom. The number of methoxy groups -OCH3 is 1. The van der Waals surface area contributed by atoms with Crippen LogP contribution in [0.3, 0.4) is 0 Å². The Morgan fingerprint density at radius 1 is 1.14 bits per heavy atom. The summed E-state index contributed by atoms with van der Waals surface area (Å²) in [6.45, 7) is 6.52. The molecule has 1 heterocycles. The summed E-state index contributed by atoms with van der Waals surface area (Å²) in [6.07, 6.45) is 3.24. The summed E-state index contributed by atoms with van der Waals surface area (Å²) in [4.78, 5) is 8.59. The molecular formula is C16H22N4O. The maximum Gasteiger partial charge on any atom is 0.237 e. The highest BCUT2D eigenvalue weighted by atomic mass is 16.5. The van der Waals surface area contributed by atoms with Crippen LogP contribution in [0.5, 0.6) is 5.88 Å². The fraction of sp³-hybridized carbons (Fsp3) is 0.375. The number of ether oxygens (including phenoxy) is 1. The lowest BCUT2D eigenvalue weighted by Gasteiger charge is -2.27. The zero-order valence-corrected chi connectivity index (χ0v) is 12.9. The van der Waals surface area contributed by atoms with Gasteiger partial charge in [-0.15, -0.1) is 0 Å². The molecule has 2 rings (SSSR count). The predicted octanol–water partition coefficient (Wildman–Crippen LogP) is 2.34. The van der Waals surface area contributed by atoms with E-state index < -0.39 is 0 Å². The van der Waals surface area contributed by atoms with Crippen molar-refractivity contribution in [1.82, 2.24) is 15.4 Å². The molecule has 0 amide bonds. The van der Waals surface area contributed by atoms with Gasteiger partial charge in [-0.05, 0) is 16.5 Å². The molecule has 0 saturated carbocycles. The van der Waals surface area contributed by atoms with Gasteiger partial charge >= 0.3 is 0 Å². The van der Waals surface area contributed by atoms with E-state index in [2.05, 4.69) is 48.3 Å². The van der Waals surface area contributed by atoms with Gasteiger partial charge in [-0.3, -0.25) is 10.8 Å². The maximum absolute atomic E-state index is 5.80. The highest BCUT2D eigenvalue weighted by Crippen LogP contribution is 2.33. The van der Waals surface area contributed by atoms with Crippen LogP contribution in [0.25, 0.3) is 0 Å². The molecule has 0 fully saturated rings. The molecular weight excluding hydrogens is 264 g/mol. The second kappa shape index (κ2) is 6.20. The first kappa shape index (κ1) is 15.4. The number of hydrazine groups is 1. The fourth-order valence-electron chi connectivity index (χ4n) is 2.44. The molecule has 0 spiro atoms. The lowest BCUT2D eigenvalue weighted by molar-refractivity contribution is 0.382. The Labute approximate surface area is 125 Å². The number of hydrogen-bond acceptors (Lipinski definition) is 5. The van der Waals surface area contributed by atoms with Crippen molar-refractivity contribution < 1.29 is 4.74 Å². The summed E-state index contributed by atoms with van der Waals surface area (Å²) in [7, 11) is 1.58. The number of nitrogens with zero attached hydrogens (tertiary/aromatic N) is 2. The van der Waals surface area contributed by atoms with E-state index in [1.165, 1.54) is 5.56 Å². The molecule has 0 saturated heterocycles. The Morgan fingerprint density at radius 3 is 2.43 bits per heavy atom. The van der Waals surface area contributed by atoms with Crippen molar-refractivity contribution >= 4 is 0 Å². The minimum Gasteiger partial charge on any atom is -0.480 e. The van der Waals surface area contributed by atoms with E-state index >= 15 is 0 Å². The average Bonchev–Trinajstić information content (AvgIpc) is 2.48. The van der Waals surface area contributed by atoms with Gasteiger partial charge in [0.15, 0.2) is 0 Å². The molecule has 0 aliphatic carbocycles. The largest absolute Gasteiger partial charge is 0.480 e. The summed E-state index contributed by atoms with van der Waals surface area (Å²) in [5, 5.41) is 0. The number of benzene rings is 1. The van der Waals surface area contributed by atoms with Gasteiger partial charge in [-0.2, -0.15) is 0 Å². The standard InChI is InChI=1S/C16H22N4O/c1-16(2,3)12-8-6-5-7-11(12)13(20-17)14-15(21-4)19-10-9-18-14/h5-10,13,20H,17H2,1-4H3. The second-order valence-corrected chi connectivity index (χ2v) is 5.89. The average molecular weight is 286 g/mol. The van der Waals surface area contributed by atoms with Gasteiger partial charge in [0.05, 0.1) is 13.2 Å². The molecule has 0 radical (unpaired) electrons. The van der Waals surface area contributed by atoms with Crippen LogP contribution in [0.15, 0.2) is 36.7 Å². The summed E-state index contributed by atoms with van der Waals surface area (Å²) in [5.41, 5.74) is 5.80. The van der Waals surface area contributed by atoms with Gasteiger partial charge < -0.3 is 4.74 Å². The van der Waals surface area contributed by atoms with Crippen LogP contribution in [0.2, 0.25) is 0 Å². The molecule has 2 aromatic rings. The molecule has 1 aromatic heterocycles. The van der Waals surface area contributed by atoms with Crippen molar-refractivity contribution in [3.8, 4) is 5.88 Å². The Kier molecular flexibility index (Phi) is 4.55. The summed E-state index contributed by atoms with van der Waals surface area (Å²) < 4.78 is 5.31. The summed E-state index contributed by atoms with van der Waals surface area (Å²) in [5.74, 6) is 6.28. The van der Waals surface area contributed by atoms with Crippen molar-refractivity contribution in [2.45, 2.75) is 32.2 Å². The van der Waals surface area contributed by atoms with Crippen molar-refractivity contribution in [1.29, 1.82) is 0 Å². The zero-order valence-electron chi connectivity index (χ0n) is 12.9. The van der Waals surface area contributed by atoms with Gasteiger partial charge in [-0.25, -0.2) is 10.4 Å². The third-order valence-electron chi connectivity index (χ3n) is 3.40. The van der Waals surface area contributed by atoms with E-state index in [0.29, 0.717) is 11.6 Å². The van der Waals surface area contributed by atoms with E-state index in [0.717, 1.165) is 5.56 Å². The topological polar surface area (TPSA) is 73.1 Å². The molecule has 0 bridgehead atoms. The first-order valence-corrected chi connectivity index (χ1v) is 6.89. The monoisotopic (exact) mass is 286 g/mol. The molecule has 1 aromatic carbocycles. The molecule has 1 atom stereocenters. The minimum absolute atomic E-state index is 0.00113. The Bertz CT molecular complexity index is 607. The minimum atomic E-state index is -0.274. The number of aromatic nitrogens is 2. The van der Waals surface area contributed by atoms with E-state index in [4.69, 9.17) is 10.6 Å². The first-order valence-electron chi connectivity index (χ1n) is 6.89. The molecule has 0 aliphatic rings. The van der Waals surface area contributed by atoms with E-state index in [9.17, 15) is 0 Å². The van der Waals surface area contributed by atoms with Crippen molar-refractivity contribution in [3.63, 3.8) is 0 Å². The summed E-state index contributed by atoms with van der Waals surface area (Å²) in [6, 6.07) is 7.93. The molecule has 5 heteroatoms. The van der Waals surface area contributed by atoms with Gasteiger partial charge in [0.1, 0.15) is 5.69 Å². The van der Waals surface area contributed by atoms with E-state index in [-0.39, 0.29) is 11.5 Å². The number of nitrogens with two attached hydrogens (primary N) is 1. The fourth-order valence-corrected chi connectivity index (χ4v) is 2.44. The van der Waals surface area contributed by atoms with Gasteiger partial charge in [0.25, 0.3) is 0 Å². The van der Waals surface area contributed by atoms with Crippen LogP contribution in [-0.2, 0) is 5.41 Å². The highest BCUT2D eigenvalue weighted by Gasteiger charge is 2.26. The molecule has 5 nitrogen and oxygen atoms in total. The van der Waals surface area contributed by atoms with Gasteiger partial charge in [0.2, 0.25) is 5.88 Å². The van der Waals surface area contributed by atoms with E-state index in [1.54, 1.807) is 19.5 Å². The first-order chi connectivity index (χ1) is 9.99. The van der Waals surface area contributed by atoms with Gasteiger partial charge in [0, 0.05) is 12.4 Å². The number of rotatable bonds is 4. The number of nitrogens with one attached hydrogen (secondary N) is 1. The van der Waals surface area contributed by atoms with Crippen LogP contribution in [0.1, 0.15) is 43.6 Å². The molecule has 1 unspecified atom stereocenters. The molecule has 0 aliphatic heterocycles. The summed E-state index contributed by atoms with van der Waals surface area (Å²) >= 11 is 0. The lowest BCUT2D eigenvalue weighted by Crippen LogP contribution is -2.32. The Hall–Kier alpha value is -1.98. The van der Waals surface area contributed by atoms with Crippen LogP contribution in [0.4, 0.5) is 0 Å². The van der Waals surface area contributed by atoms with Gasteiger partial charge in [-0.1, -0.05) is 45.0 Å². The highest BCUT2D eigenvalue weighted by molar-refractivity contribution is 5.41. The third kappa shape index (κ3) is 3.20. The molecule has 112 valence electrons. The lowest BCUT2D eigenvalue weighted by atomic mass is 9.81. The quantitative estimate of drug-likeness (QED) is 0.666. The second-order valence-electron chi connectivity index (χ2n) is 5.89. The van der Waals surface area contributed by atoms with Crippen LogP contribution < -0.4 is 16.0 Å². The third-order valence-corrected chi connectivity index (χ3v) is 3.40. The van der Waals surface area contributed by atoms with Crippen molar-refractivity contribution in [3.05, 3.63) is 53.5 Å². The van der Waals surface area contributed by atoms with Crippen LogP contribution >= 0.6 is 0 Å². The van der Waals surface area contributed by atoms with E-state index in [1.807, 2.05) is 12.1 Å². The van der Waals surface area contributed by atoms with Crippen molar-refractivity contribution in [2.24, 2.45) is 5.84 Å². The SMILES string of the molecule is COc1nccnc1C(NN)c1ccccc1C(C)(C)C. The Balaban J connectivity index is 2.58. The van der Waals surface area contributed by atoms with Crippen molar-refractivity contribution in [2.75, 3.05) is 7.11 Å². The van der Waals surface area contributed by atoms with Crippen LogP contribution in [-0.4, -0.2) is 17.1 Å². The van der Waals surface area contributed by atoms with Crippen LogP contribution in [0, 0.1) is 0 Å². The molecule has 21 heavy (non-hydrogen) atoms. The number of hydrogen-bond donors (Lipinski definition) is 2. The predicted molar refractivity (Wildman–Crippen MR) is 82.9 cm³/mol. The smallest absolute Gasteiger partial charge is 0.237 e.